The summed E-state index contributed by atoms with van der Waals surface area (Å²) in [5.41, 5.74) is 2.39. The van der Waals surface area contributed by atoms with Gasteiger partial charge >= 0.3 is 0 Å². The Morgan fingerprint density at radius 2 is 1.71 bits per heavy atom. The van der Waals surface area contributed by atoms with E-state index < -0.39 is 0 Å². The molecule has 0 saturated heterocycles. The maximum atomic E-state index is 11.7. The van der Waals surface area contributed by atoms with Gasteiger partial charge in [-0.15, -0.1) is 0 Å². The van der Waals surface area contributed by atoms with Gasteiger partial charge in [0.1, 0.15) is 0 Å². The normalized spacial score (nSPS) is 10.8. The Morgan fingerprint density at radius 1 is 1.12 bits per heavy atom. The van der Waals surface area contributed by atoms with Crippen LogP contribution in [0.15, 0.2) is 30.3 Å². The quantitative estimate of drug-likeness (QED) is 0.713. The molecule has 92 valence electrons. The molecule has 0 aliphatic heterocycles. The lowest BCUT2D eigenvalue weighted by Gasteiger charge is -2.15. The van der Waals surface area contributed by atoms with E-state index in [0.29, 0.717) is 0 Å². The lowest BCUT2D eigenvalue weighted by molar-refractivity contribution is -0.125. The highest BCUT2D eigenvalue weighted by Crippen LogP contribution is 2.07. The summed E-state index contributed by atoms with van der Waals surface area (Å²) in [5, 5.41) is 0. The van der Waals surface area contributed by atoms with Crippen molar-refractivity contribution in [2.45, 2.75) is 27.2 Å². The molecule has 0 aliphatic rings. The minimum atomic E-state index is 0.0783. The summed E-state index contributed by atoms with van der Waals surface area (Å²) in [4.78, 5) is 13.5. The van der Waals surface area contributed by atoms with E-state index in [-0.39, 0.29) is 5.91 Å². The zero-order chi connectivity index (χ0) is 12.7. The lowest BCUT2D eigenvalue weighted by atomic mass is 10.1. The topological polar surface area (TPSA) is 20.3 Å². The van der Waals surface area contributed by atoms with Crippen LogP contribution in [-0.2, 0) is 11.2 Å². The molecule has 0 N–H and O–H groups in total. The Balaban J connectivity index is 2.66. The van der Waals surface area contributed by atoms with E-state index in [1.165, 1.54) is 5.56 Å². The second kappa shape index (κ2) is 6.89. The monoisotopic (exact) mass is 231 g/mol. The highest BCUT2D eigenvalue weighted by Gasteiger charge is 2.04. The number of aryl methyl sites for hydroxylation is 1. The number of rotatable bonds is 5. The zero-order valence-electron chi connectivity index (χ0n) is 10.9. The molecule has 0 heterocycles. The van der Waals surface area contributed by atoms with Crippen LogP contribution < -0.4 is 0 Å². The van der Waals surface area contributed by atoms with Crippen molar-refractivity contribution in [2.75, 3.05) is 13.1 Å². The number of carbonyl (C=O) groups is 1. The SMILES string of the molecule is CCc1ccc(C=CC(=O)N(CC)CC)cc1. The standard InChI is InChI=1S/C15H21NO/c1-4-13-7-9-14(10-8-13)11-12-15(17)16(5-2)6-3/h7-12H,4-6H2,1-3H3. The number of benzene rings is 1. The fourth-order valence-electron chi connectivity index (χ4n) is 1.67. The molecule has 1 aromatic rings. The predicted molar refractivity (Wildman–Crippen MR) is 72.8 cm³/mol. The zero-order valence-corrected chi connectivity index (χ0v) is 10.9. The van der Waals surface area contributed by atoms with Crippen LogP contribution in [0.25, 0.3) is 6.08 Å². The molecular formula is C15H21NO. The average molecular weight is 231 g/mol. The van der Waals surface area contributed by atoms with Crippen LogP contribution >= 0.6 is 0 Å². The van der Waals surface area contributed by atoms with Crippen LogP contribution in [0.1, 0.15) is 31.9 Å². The highest BCUT2D eigenvalue weighted by molar-refractivity contribution is 5.91. The Hall–Kier alpha value is -1.57. The number of carbonyl (C=O) groups excluding carboxylic acids is 1. The Bertz CT molecular complexity index is 374. The Kier molecular flexibility index (Phi) is 5.47. The van der Waals surface area contributed by atoms with Gasteiger partial charge in [0, 0.05) is 19.2 Å². The first kappa shape index (κ1) is 13.5. The van der Waals surface area contributed by atoms with Gasteiger partial charge in [0.25, 0.3) is 0 Å². The third-order valence-electron chi connectivity index (χ3n) is 2.88. The largest absolute Gasteiger partial charge is 0.340 e. The lowest BCUT2D eigenvalue weighted by Crippen LogP contribution is -2.28. The van der Waals surface area contributed by atoms with E-state index in [9.17, 15) is 4.79 Å². The average Bonchev–Trinajstić information content (AvgIpc) is 2.38. The third-order valence-corrected chi connectivity index (χ3v) is 2.88. The summed E-state index contributed by atoms with van der Waals surface area (Å²) in [6.45, 7) is 7.63. The van der Waals surface area contributed by atoms with Gasteiger partial charge in [-0.05, 0) is 37.5 Å². The molecule has 1 aromatic carbocycles. The summed E-state index contributed by atoms with van der Waals surface area (Å²) in [7, 11) is 0. The van der Waals surface area contributed by atoms with Gasteiger partial charge in [-0.1, -0.05) is 31.2 Å². The van der Waals surface area contributed by atoms with Crippen LogP contribution in [0.5, 0.6) is 0 Å². The van der Waals surface area contributed by atoms with E-state index in [1.54, 1.807) is 11.0 Å². The van der Waals surface area contributed by atoms with Crippen molar-refractivity contribution in [1.29, 1.82) is 0 Å². The molecule has 0 saturated carbocycles. The maximum Gasteiger partial charge on any atom is 0.246 e. The molecular weight excluding hydrogens is 210 g/mol. The molecule has 0 atom stereocenters. The molecule has 2 nitrogen and oxygen atoms in total. The van der Waals surface area contributed by atoms with Crippen LogP contribution in [-0.4, -0.2) is 23.9 Å². The molecule has 1 rings (SSSR count). The van der Waals surface area contributed by atoms with Gasteiger partial charge < -0.3 is 4.90 Å². The number of nitrogens with zero attached hydrogens (tertiary/aromatic N) is 1. The molecule has 0 aliphatic carbocycles. The first-order valence-electron chi connectivity index (χ1n) is 6.27. The van der Waals surface area contributed by atoms with Crippen molar-refractivity contribution in [3.05, 3.63) is 41.5 Å². The smallest absolute Gasteiger partial charge is 0.246 e. The second-order valence-corrected chi connectivity index (χ2v) is 3.94. The van der Waals surface area contributed by atoms with Crippen molar-refractivity contribution in [3.8, 4) is 0 Å². The fraction of sp³-hybridized carbons (Fsp3) is 0.400. The van der Waals surface area contributed by atoms with Crippen molar-refractivity contribution < 1.29 is 4.79 Å². The highest BCUT2D eigenvalue weighted by atomic mass is 16.2. The van der Waals surface area contributed by atoms with E-state index in [2.05, 4.69) is 19.1 Å². The van der Waals surface area contributed by atoms with Gasteiger partial charge in [0.2, 0.25) is 5.91 Å². The van der Waals surface area contributed by atoms with E-state index in [0.717, 1.165) is 25.1 Å². The predicted octanol–water partition coefficient (Wildman–Crippen LogP) is 3.13. The molecule has 0 aromatic heterocycles. The first-order chi connectivity index (χ1) is 8.21. The van der Waals surface area contributed by atoms with Gasteiger partial charge in [0.15, 0.2) is 0 Å². The second-order valence-electron chi connectivity index (χ2n) is 3.94. The van der Waals surface area contributed by atoms with Crippen molar-refractivity contribution >= 4 is 12.0 Å². The molecule has 2 heteroatoms. The third kappa shape index (κ3) is 4.06. The van der Waals surface area contributed by atoms with Gasteiger partial charge in [-0.3, -0.25) is 4.79 Å². The summed E-state index contributed by atoms with van der Waals surface area (Å²) < 4.78 is 0. The van der Waals surface area contributed by atoms with Crippen molar-refractivity contribution in [3.63, 3.8) is 0 Å². The number of amides is 1. The number of hydrogen-bond donors (Lipinski definition) is 0. The Labute approximate surface area is 104 Å². The minimum Gasteiger partial charge on any atom is -0.340 e. The van der Waals surface area contributed by atoms with Gasteiger partial charge in [-0.2, -0.15) is 0 Å². The van der Waals surface area contributed by atoms with Crippen LogP contribution in [0, 0.1) is 0 Å². The van der Waals surface area contributed by atoms with Crippen LogP contribution in [0.2, 0.25) is 0 Å². The van der Waals surface area contributed by atoms with Crippen LogP contribution in [0.4, 0.5) is 0 Å². The van der Waals surface area contributed by atoms with Crippen LogP contribution in [0.3, 0.4) is 0 Å². The van der Waals surface area contributed by atoms with E-state index >= 15 is 0 Å². The number of likely N-dealkylation sites (N-methyl/N-ethyl adjacent to an activating group) is 1. The van der Waals surface area contributed by atoms with Gasteiger partial charge in [0.05, 0.1) is 0 Å². The molecule has 0 radical (unpaired) electrons. The summed E-state index contributed by atoms with van der Waals surface area (Å²) in [6, 6.07) is 8.29. The first-order valence-corrected chi connectivity index (χ1v) is 6.27. The molecule has 0 bridgehead atoms. The fourth-order valence-corrected chi connectivity index (χ4v) is 1.67. The maximum absolute atomic E-state index is 11.7. The van der Waals surface area contributed by atoms with Gasteiger partial charge in [-0.25, -0.2) is 0 Å². The number of hydrogen-bond acceptors (Lipinski definition) is 1. The molecule has 0 unspecified atom stereocenters. The van der Waals surface area contributed by atoms with E-state index in [1.807, 2.05) is 32.1 Å². The van der Waals surface area contributed by atoms with Crippen molar-refractivity contribution in [1.82, 2.24) is 4.90 Å². The summed E-state index contributed by atoms with van der Waals surface area (Å²) in [5.74, 6) is 0.0783. The molecule has 0 fully saturated rings. The molecule has 0 spiro atoms. The summed E-state index contributed by atoms with van der Waals surface area (Å²) >= 11 is 0. The van der Waals surface area contributed by atoms with E-state index in [4.69, 9.17) is 0 Å². The summed E-state index contributed by atoms with van der Waals surface area (Å²) in [6.07, 6.45) is 4.57. The molecule has 17 heavy (non-hydrogen) atoms. The van der Waals surface area contributed by atoms with Crippen molar-refractivity contribution in [2.24, 2.45) is 0 Å². The molecule has 1 amide bonds. The minimum absolute atomic E-state index is 0.0783. The Morgan fingerprint density at radius 3 is 2.18 bits per heavy atom.